The molecule has 0 heterocycles. The van der Waals surface area contributed by atoms with Crippen LogP contribution in [0.15, 0.2) is 112 Å². The van der Waals surface area contributed by atoms with Gasteiger partial charge >= 0.3 is 0 Å². The van der Waals surface area contributed by atoms with Gasteiger partial charge in [0.25, 0.3) is 10.0 Å². The van der Waals surface area contributed by atoms with Crippen molar-refractivity contribution in [2.24, 2.45) is 0 Å². The number of rotatable bonds is 14. The Morgan fingerprint density at radius 3 is 2.22 bits per heavy atom. The number of sulfonamides is 1. The van der Waals surface area contributed by atoms with Crippen LogP contribution in [-0.4, -0.2) is 50.4 Å². The van der Waals surface area contributed by atoms with E-state index in [1.807, 2.05) is 61.5 Å². The lowest BCUT2D eigenvalue weighted by atomic mass is 9.94. The average Bonchev–Trinajstić information content (AvgIpc) is 3.10. The van der Waals surface area contributed by atoms with E-state index >= 15 is 0 Å². The van der Waals surface area contributed by atoms with Crippen molar-refractivity contribution in [3.63, 3.8) is 0 Å². The molecule has 1 unspecified atom stereocenters. The van der Waals surface area contributed by atoms with Gasteiger partial charge < -0.3 is 15.0 Å². The number of ether oxygens (including phenoxy) is 1. The van der Waals surface area contributed by atoms with Gasteiger partial charge in [-0.05, 0) is 91.6 Å². The molecule has 1 N–H and O–H groups in total. The fourth-order valence-corrected chi connectivity index (χ4v) is 7.93. The van der Waals surface area contributed by atoms with Crippen LogP contribution in [0.25, 0.3) is 0 Å². The summed E-state index contributed by atoms with van der Waals surface area (Å²) < 4.78 is 49.8. The molecule has 5 rings (SSSR count). The van der Waals surface area contributed by atoms with E-state index in [1.54, 1.807) is 12.1 Å². The highest BCUT2D eigenvalue weighted by Gasteiger charge is 2.35. The second-order valence-electron chi connectivity index (χ2n) is 12.1. The molecule has 0 spiro atoms. The van der Waals surface area contributed by atoms with Gasteiger partial charge in [-0.3, -0.25) is 13.9 Å². The van der Waals surface area contributed by atoms with E-state index in [1.165, 1.54) is 29.2 Å². The number of nitrogens with zero attached hydrogens (tertiary/aromatic N) is 2. The number of benzene rings is 4. The maximum atomic E-state index is 14.7. The Hall–Kier alpha value is -4.22. The number of anilines is 1. The maximum Gasteiger partial charge on any atom is 0.264 e. The van der Waals surface area contributed by atoms with E-state index in [-0.39, 0.29) is 35.5 Å². The van der Waals surface area contributed by atoms with E-state index in [4.69, 9.17) is 4.74 Å². The molecule has 0 saturated heterocycles. The Bertz CT molecular complexity index is 1800. The van der Waals surface area contributed by atoms with E-state index in [0.29, 0.717) is 12.4 Å². The topological polar surface area (TPSA) is 96.0 Å². The summed E-state index contributed by atoms with van der Waals surface area (Å²) in [5.41, 5.74) is 1.72. The van der Waals surface area contributed by atoms with Crippen molar-refractivity contribution in [3.05, 3.63) is 125 Å². The van der Waals surface area contributed by atoms with Gasteiger partial charge in [-0.15, -0.1) is 0 Å². The summed E-state index contributed by atoms with van der Waals surface area (Å²) >= 11 is 3.51. The summed E-state index contributed by atoms with van der Waals surface area (Å²) in [7, 11) is -4.33. The van der Waals surface area contributed by atoms with Gasteiger partial charge in [0.2, 0.25) is 11.8 Å². The number of hydrogen-bond donors (Lipinski definition) is 1. The molecule has 1 saturated carbocycles. The molecule has 11 heteroatoms. The summed E-state index contributed by atoms with van der Waals surface area (Å²) in [5, 5.41) is 3.21. The Morgan fingerprint density at radius 2 is 1.57 bits per heavy atom. The van der Waals surface area contributed by atoms with E-state index in [2.05, 4.69) is 21.2 Å². The first-order chi connectivity index (χ1) is 23.6. The number of halogens is 2. The van der Waals surface area contributed by atoms with Gasteiger partial charge in [0.05, 0.1) is 17.2 Å². The van der Waals surface area contributed by atoms with Crippen molar-refractivity contribution < 1.29 is 27.1 Å². The van der Waals surface area contributed by atoms with Crippen LogP contribution in [0.1, 0.15) is 50.2 Å². The van der Waals surface area contributed by atoms with Crippen LogP contribution in [0, 0.1) is 5.82 Å². The second-order valence-corrected chi connectivity index (χ2v) is 14.9. The van der Waals surface area contributed by atoms with Gasteiger partial charge in [0.15, 0.2) is 0 Å². The van der Waals surface area contributed by atoms with Crippen LogP contribution in [-0.2, 0) is 32.6 Å². The minimum Gasteiger partial charge on any atom is -0.494 e. The molecule has 1 fully saturated rings. The number of carbonyl (C=O) groups excluding carboxylic acids is 2. The Morgan fingerprint density at radius 1 is 0.898 bits per heavy atom. The van der Waals surface area contributed by atoms with Crippen molar-refractivity contribution in [3.8, 4) is 5.75 Å². The van der Waals surface area contributed by atoms with Crippen LogP contribution in [0.3, 0.4) is 0 Å². The molecule has 258 valence electrons. The first-order valence-corrected chi connectivity index (χ1v) is 18.8. The van der Waals surface area contributed by atoms with Gasteiger partial charge in [0, 0.05) is 23.5 Å². The summed E-state index contributed by atoms with van der Waals surface area (Å²) in [6.45, 7) is 1.66. The lowest BCUT2D eigenvalue weighted by molar-refractivity contribution is -0.140. The van der Waals surface area contributed by atoms with Crippen molar-refractivity contribution in [2.75, 3.05) is 17.5 Å². The van der Waals surface area contributed by atoms with Crippen molar-refractivity contribution in [1.29, 1.82) is 0 Å². The summed E-state index contributed by atoms with van der Waals surface area (Å²) in [5.74, 6) is -0.925. The van der Waals surface area contributed by atoms with E-state index < -0.39 is 34.3 Å². The number of carbonyl (C=O) groups is 2. The molecule has 0 aromatic heterocycles. The SMILES string of the molecule is CCOc1ccc(S(=O)(=O)N(CC(=O)N(Cc2cccc(Br)c2)C(Cc2ccccc2)C(=O)NC2CCCCC2)c2ccc(F)cc2)cc1. The average molecular weight is 751 g/mol. The van der Waals surface area contributed by atoms with Crippen LogP contribution in [0.2, 0.25) is 0 Å². The third kappa shape index (κ3) is 9.70. The van der Waals surface area contributed by atoms with Crippen molar-refractivity contribution in [2.45, 2.75) is 69.0 Å². The third-order valence-electron chi connectivity index (χ3n) is 8.58. The zero-order valence-electron chi connectivity index (χ0n) is 27.4. The molecule has 1 aliphatic carbocycles. The third-order valence-corrected chi connectivity index (χ3v) is 10.9. The largest absolute Gasteiger partial charge is 0.494 e. The van der Waals surface area contributed by atoms with E-state index in [0.717, 1.165) is 64.1 Å². The van der Waals surface area contributed by atoms with Crippen LogP contribution >= 0.6 is 15.9 Å². The fourth-order valence-electron chi connectivity index (χ4n) is 6.07. The van der Waals surface area contributed by atoms with Crippen molar-refractivity contribution >= 4 is 43.5 Å². The maximum absolute atomic E-state index is 14.7. The van der Waals surface area contributed by atoms with Crippen molar-refractivity contribution in [1.82, 2.24) is 10.2 Å². The summed E-state index contributed by atoms with van der Waals surface area (Å²) in [6.07, 6.45) is 5.11. The lowest BCUT2D eigenvalue weighted by Crippen LogP contribution is -2.55. The van der Waals surface area contributed by atoms with Crippen LogP contribution in [0.5, 0.6) is 5.75 Å². The molecule has 1 aliphatic rings. The standard InChI is InChI=1S/C38H41BrFN3O5S/c1-2-48-34-20-22-35(23-21-34)49(46,47)43(33-18-16-31(40)17-19-33)27-37(44)42(26-29-12-9-13-30(39)24-29)36(25-28-10-5-3-6-11-28)38(45)41-32-14-7-4-8-15-32/h3,5-6,9-13,16-24,32,36H,2,4,7-8,14-15,25-27H2,1H3,(H,41,45). The molecule has 0 bridgehead atoms. The normalized spacial score (nSPS) is 14.1. The van der Waals surface area contributed by atoms with Gasteiger partial charge in [-0.1, -0.05) is 77.7 Å². The Kier molecular flexibility index (Phi) is 12.5. The summed E-state index contributed by atoms with van der Waals surface area (Å²) in [4.78, 5) is 30.3. The first kappa shape index (κ1) is 36.1. The predicted molar refractivity (Wildman–Crippen MR) is 192 cm³/mol. The van der Waals surface area contributed by atoms with Crippen LogP contribution < -0.4 is 14.4 Å². The molecule has 49 heavy (non-hydrogen) atoms. The van der Waals surface area contributed by atoms with Gasteiger partial charge in [0.1, 0.15) is 24.2 Å². The molecule has 0 aliphatic heterocycles. The number of amides is 2. The first-order valence-electron chi connectivity index (χ1n) is 16.5. The van der Waals surface area contributed by atoms with Gasteiger partial charge in [-0.25, -0.2) is 12.8 Å². The number of hydrogen-bond acceptors (Lipinski definition) is 5. The second kappa shape index (κ2) is 16.9. The Labute approximate surface area is 296 Å². The minimum absolute atomic E-state index is 0.00176. The highest BCUT2D eigenvalue weighted by atomic mass is 79.9. The zero-order chi connectivity index (χ0) is 34.8. The fraction of sp³-hybridized carbons (Fsp3) is 0.316. The summed E-state index contributed by atoms with van der Waals surface area (Å²) in [6, 6.07) is 26.8. The highest BCUT2D eigenvalue weighted by Crippen LogP contribution is 2.27. The number of nitrogens with one attached hydrogen (secondary N) is 1. The quantitative estimate of drug-likeness (QED) is 0.146. The van der Waals surface area contributed by atoms with E-state index in [9.17, 15) is 22.4 Å². The molecule has 8 nitrogen and oxygen atoms in total. The monoisotopic (exact) mass is 749 g/mol. The molecule has 4 aromatic rings. The molecular weight excluding hydrogens is 709 g/mol. The van der Waals surface area contributed by atoms with Gasteiger partial charge in [-0.2, -0.15) is 0 Å². The Balaban J connectivity index is 1.55. The zero-order valence-corrected chi connectivity index (χ0v) is 29.8. The highest BCUT2D eigenvalue weighted by molar-refractivity contribution is 9.10. The predicted octanol–water partition coefficient (Wildman–Crippen LogP) is 7.27. The lowest BCUT2D eigenvalue weighted by Gasteiger charge is -2.35. The molecule has 4 aromatic carbocycles. The molecule has 1 atom stereocenters. The molecule has 2 amide bonds. The molecule has 0 radical (unpaired) electrons. The molecular formula is C38H41BrFN3O5S. The minimum atomic E-state index is -4.33. The smallest absolute Gasteiger partial charge is 0.264 e. The van der Waals surface area contributed by atoms with Crippen LogP contribution in [0.4, 0.5) is 10.1 Å².